The molecule has 2 aromatic rings. The number of methoxy groups -OCH3 is 2. The van der Waals surface area contributed by atoms with Gasteiger partial charge in [0, 0.05) is 5.56 Å². The highest BCUT2D eigenvalue weighted by Crippen LogP contribution is 2.33. The molecule has 0 bridgehead atoms. The molecular weight excluding hydrogens is 254 g/mol. The monoisotopic (exact) mass is 267 g/mol. The van der Waals surface area contributed by atoms with Crippen molar-refractivity contribution in [3.8, 4) is 11.5 Å². The van der Waals surface area contributed by atoms with Crippen molar-refractivity contribution in [2.75, 3.05) is 14.2 Å². The van der Waals surface area contributed by atoms with Gasteiger partial charge < -0.3 is 19.6 Å². The predicted octanol–water partition coefficient (Wildman–Crippen LogP) is 3.00. The summed E-state index contributed by atoms with van der Waals surface area (Å²) in [7, 11) is 3.17. The maximum atomic E-state index is 6.14. The molecular formula is C13H14ClNO3. The van der Waals surface area contributed by atoms with E-state index in [2.05, 4.69) is 0 Å². The lowest BCUT2D eigenvalue weighted by Gasteiger charge is -2.14. The number of halogens is 1. The Labute approximate surface area is 110 Å². The number of benzene rings is 1. The molecule has 96 valence electrons. The number of hydrogen-bond donors (Lipinski definition) is 1. The third-order valence-electron chi connectivity index (χ3n) is 2.75. The van der Waals surface area contributed by atoms with E-state index in [0.29, 0.717) is 16.7 Å². The van der Waals surface area contributed by atoms with Crippen molar-refractivity contribution in [2.24, 2.45) is 5.73 Å². The third kappa shape index (κ3) is 2.30. The lowest BCUT2D eigenvalue weighted by atomic mass is 10.0. The first-order valence-corrected chi connectivity index (χ1v) is 5.75. The van der Waals surface area contributed by atoms with Gasteiger partial charge in [-0.25, -0.2) is 0 Å². The van der Waals surface area contributed by atoms with Gasteiger partial charge in [0.15, 0.2) is 16.7 Å². The summed E-state index contributed by atoms with van der Waals surface area (Å²) < 4.78 is 15.5. The van der Waals surface area contributed by atoms with Crippen LogP contribution in [0.15, 0.2) is 34.9 Å². The number of nitrogens with two attached hydrogens (primary N) is 1. The normalized spacial score (nSPS) is 12.2. The van der Waals surface area contributed by atoms with E-state index in [1.165, 1.54) is 6.26 Å². The largest absolute Gasteiger partial charge is 0.493 e. The van der Waals surface area contributed by atoms with Crippen LogP contribution < -0.4 is 15.2 Å². The van der Waals surface area contributed by atoms with Crippen molar-refractivity contribution in [3.63, 3.8) is 0 Å². The first kappa shape index (κ1) is 12.8. The van der Waals surface area contributed by atoms with Gasteiger partial charge in [-0.05, 0) is 35.4 Å². The number of furan rings is 1. The van der Waals surface area contributed by atoms with E-state index in [9.17, 15) is 0 Å². The highest BCUT2D eigenvalue weighted by atomic mass is 35.5. The van der Waals surface area contributed by atoms with Crippen LogP contribution in [0.5, 0.6) is 11.5 Å². The first-order valence-electron chi connectivity index (χ1n) is 5.37. The lowest BCUT2D eigenvalue weighted by Crippen LogP contribution is -2.11. The first-order chi connectivity index (χ1) is 8.67. The Morgan fingerprint density at radius 3 is 2.44 bits per heavy atom. The van der Waals surface area contributed by atoms with Crippen LogP contribution >= 0.6 is 11.6 Å². The molecule has 1 atom stereocenters. The second-order valence-electron chi connectivity index (χ2n) is 3.74. The van der Waals surface area contributed by atoms with Crippen molar-refractivity contribution in [3.05, 3.63) is 46.9 Å². The van der Waals surface area contributed by atoms with E-state index in [-0.39, 0.29) is 6.04 Å². The Hall–Kier alpha value is -1.65. The molecule has 1 unspecified atom stereocenters. The van der Waals surface area contributed by atoms with Crippen molar-refractivity contribution >= 4 is 11.6 Å². The smallest absolute Gasteiger partial charge is 0.198 e. The zero-order valence-corrected chi connectivity index (χ0v) is 10.9. The molecule has 2 N–H and O–H groups in total. The number of hydrogen-bond acceptors (Lipinski definition) is 4. The van der Waals surface area contributed by atoms with Gasteiger partial charge in [0.2, 0.25) is 0 Å². The Morgan fingerprint density at radius 2 is 1.89 bits per heavy atom. The maximum absolute atomic E-state index is 6.14. The summed E-state index contributed by atoms with van der Waals surface area (Å²) in [6.45, 7) is 0. The summed E-state index contributed by atoms with van der Waals surface area (Å²) >= 11 is 5.91. The molecule has 0 aliphatic heterocycles. The van der Waals surface area contributed by atoms with Crippen LogP contribution in [0.3, 0.4) is 0 Å². The standard InChI is InChI=1S/C13H14ClNO3/c1-16-10-4-3-8(7-11(10)17-2)12(15)9-5-6-18-13(9)14/h3-7,12H,15H2,1-2H3. The fourth-order valence-corrected chi connectivity index (χ4v) is 1.98. The molecule has 1 aromatic carbocycles. The zero-order valence-electron chi connectivity index (χ0n) is 10.1. The summed E-state index contributed by atoms with van der Waals surface area (Å²) in [5.74, 6) is 1.29. The molecule has 1 aromatic heterocycles. The molecule has 4 nitrogen and oxygen atoms in total. The lowest BCUT2D eigenvalue weighted by molar-refractivity contribution is 0.354. The molecule has 0 saturated carbocycles. The van der Waals surface area contributed by atoms with Gasteiger partial charge in [-0.3, -0.25) is 0 Å². The van der Waals surface area contributed by atoms with E-state index in [1.807, 2.05) is 18.2 Å². The second kappa shape index (κ2) is 5.33. The Morgan fingerprint density at radius 1 is 1.17 bits per heavy atom. The molecule has 0 amide bonds. The number of rotatable bonds is 4. The molecule has 2 rings (SSSR count). The fraction of sp³-hybridized carbons (Fsp3) is 0.231. The molecule has 18 heavy (non-hydrogen) atoms. The Balaban J connectivity index is 2.37. The minimum Gasteiger partial charge on any atom is -0.493 e. The minimum atomic E-state index is -0.365. The predicted molar refractivity (Wildman–Crippen MR) is 69.3 cm³/mol. The average molecular weight is 268 g/mol. The highest BCUT2D eigenvalue weighted by molar-refractivity contribution is 6.29. The third-order valence-corrected chi connectivity index (χ3v) is 3.06. The molecule has 5 heteroatoms. The van der Waals surface area contributed by atoms with Crippen LogP contribution in [0.1, 0.15) is 17.2 Å². The Bertz CT molecular complexity index is 539. The van der Waals surface area contributed by atoms with E-state index in [4.69, 9.17) is 31.2 Å². The van der Waals surface area contributed by atoms with Crippen molar-refractivity contribution in [1.82, 2.24) is 0 Å². The molecule has 0 fully saturated rings. The molecule has 0 spiro atoms. The van der Waals surface area contributed by atoms with Crippen LogP contribution in [-0.4, -0.2) is 14.2 Å². The van der Waals surface area contributed by atoms with E-state index in [0.717, 1.165) is 11.1 Å². The molecule has 1 heterocycles. The van der Waals surface area contributed by atoms with Gasteiger partial charge in [-0.1, -0.05) is 6.07 Å². The summed E-state index contributed by atoms with van der Waals surface area (Å²) in [6, 6.07) is 6.89. The highest BCUT2D eigenvalue weighted by Gasteiger charge is 2.16. The summed E-state index contributed by atoms with van der Waals surface area (Å²) in [5, 5.41) is 0.303. The van der Waals surface area contributed by atoms with E-state index >= 15 is 0 Å². The van der Waals surface area contributed by atoms with Gasteiger partial charge >= 0.3 is 0 Å². The second-order valence-corrected chi connectivity index (χ2v) is 4.09. The fourth-order valence-electron chi connectivity index (χ4n) is 1.75. The summed E-state index contributed by atoms with van der Waals surface area (Å²) in [4.78, 5) is 0. The van der Waals surface area contributed by atoms with Gasteiger partial charge in [0.1, 0.15) is 0 Å². The summed E-state index contributed by atoms with van der Waals surface area (Å²) in [5.41, 5.74) is 7.75. The Kier molecular flexibility index (Phi) is 3.79. The van der Waals surface area contributed by atoms with Crippen molar-refractivity contribution < 1.29 is 13.9 Å². The van der Waals surface area contributed by atoms with Crippen LogP contribution in [-0.2, 0) is 0 Å². The van der Waals surface area contributed by atoms with Gasteiger partial charge in [-0.2, -0.15) is 0 Å². The van der Waals surface area contributed by atoms with Gasteiger partial charge in [0.05, 0.1) is 26.5 Å². The maximum Gasteiger partial charge on any atom is 0.198 e. The molecule has 0 radical (unpaired) electrons. The van der Waals surface area contributed by atoms with Crippen LogP contribution in [0.25, 0.3) is 0 Å². The van der Waals surface area contributed by atoms with Gasteiger partial charge in [-0.15, -0.1) is 0 Å². The van der Waals surface area contributed by atoms with Gasteiger partial charge in [0.25, 0.3) is 0 Å². The molecule has 0 saturated heterocycles. The quantitative estimate of drug-likeness (QED) is 0.925. The van der Waals surface area contributed by atoms with E-state index in [1.54, 1.807) is 20.3 Å². The SMILES string of the molecule is COc1ccc(C(N)c2ccoc2Cl)cc1OC. The summed E-state index contributed by atoms with van der Waals surface area (Å²) in [6.07, 6.45) is 1.51. The van der Waals surface area contributed by atoms with Crippen molar-refractivity contribution in [1.29, 1.82) is 0 Å². The van der Waals surface area contributed by atoms with Crippen LogP contribution in [0, 0.1) is 0 Å². The van der Waals surface area contributed by atoms with Crippen LogP contribution in [0.2, 0.25) is 5.22 Å². The van der Waals surface area contributed by atoms with Crippen LogP contribution in [0.4, 0.5) is 0 Å². The molecule has 0 aliphatic carbocycles. The van der Waals surface area contributed by atoms with E-state index < -0.39 is 0 Å². The topological polar surface area (TPSA) is 57.6 Å². The zero-order chi connectivity index (χ0) is 13.1. The molecule has 0 aliphatic rings. The van der Waals surface area contributed by atoms with Crippen molar-refractivity contribution in [2.45, 2.75) is 6.04 Å². The average Bonchev–Trinajstić information content (AvgIpc) is 2.83. The minimum absolute atomic E-state index is 0.303. The number of ether oxygens (including phenoxy) is 2.